The van der Waals surface area contributed by atoms with E-state index in [9.17, 15) is 18.0 Å². The average molecular weight is 450 g/mol. The van der Waals surface area contributed by atoms with E-state index < -0.39 is 12.8 Å². The second kappa shape index (κ2) is 9.08. The number of nitriles is 1. The highest BCUT2D eigenvalue weighted by atomic mass is 19.4. The van der Waals surface area contributed by atoms with Crippen LogP contribution in [0.5, 0.6) is 11.6 Å². The number of benzene rings is 1. The zero-order chi connectivity index (χ0) is 22.7. The lowest BCUT2D eigenvalue weighted by Crippen LogP contribution is -2.43. The van der Waals surface area contributed by atoms with E-state index in [4.69, 9.17) is 14.7 Å². The van der Waals surface area contributed by atoms with Gasteiger partial charge >= 0.3 is 6.18 Å². The maximum absolute atomic E-state index is 12.6. The van der Waals surface area contributed by atoms with Crippen molar-refractivity contribution in [2.24, 2.45) is 0 Å². The van der Waals surface area contributed by atoms with E-state index in [-0.39, 0.29) is 30.4 Å². The molecule has 4 rings (SSSR count). The average Bonchev–Trinajstić information content (AvgIpc) is 3.31. The van der Waals surface area contributed by atoms with Crippen molar-refractivity contribution < 1.29 is 32.2 Å². The number of hydrogen-bond donors (Lipinski definition) is 1. The van der Waals surface area contributed by atoms with Gasteiger partial charge in [0.2, 0.25) is 5.88 Å². The molecule has 1 aromatic carbocycles. The van der Waals surface area contributed by atoms with Crippen molar-refractivity contribution in [3.63, 3.8) is 0 Å². The largest absolute Gasteiger partial charge is 0.491 e. The van der Waals surface area contributed by atoms with Crippen molar-refractivity contribution in [1.82, 2.24) is 15.1 Å². The van der Waals surface area contributed by atoms with Crippen molar-refractivity contribution >= 4 is 5.91 Å². The molecule has 8 nitrogen and oxygen atoms in total. The number of hydrogen-bond acceptors (Lipinski definition) is 6. The zero-order valence-corrected chi connectivity index (χ0v) is 17.0. The fourth-order valence-corrected chi connectivity index (χ4v) is 3.70. The van der Waals surface area contributed by atoms with Gasteiger partial charge in [-0.2, -0.15) is 23.5 Å². The maximum atomic E-state index is 12.6. The van der Waals surface area contributed by atoms with Gasteiger partial charge in [-0.05, 0) is 43.0 Å². The first-order valence-electron chi connectivity index (χ1n) is 10.2. The van der Waals surface area contributed by atoms with Crippen LogP contribution in [-0.4, -0.2) is 53.8 Å². The molecule has 0 aliphatic carbocycles. The van der Waals surface area contributed by atoms with Crippen LogP contribution < -0.4 is 14.8 Å². The van der Waals surface area contributed by atoms with Gasteiger partial charge in [0, 0.05) is 12.7 Å². The number of rotatable bonds is 7. The van der Waals surface area contributed by atoms with Gasteiger partial charge in [-0.3, -0.25) is 4.79 Å². The van der Waals surface area contributed by atoms with Crippen LogP contribution in [0.15, 0.2) is 24.3 Å². The lowest BCUT2D eigenvalue weighted by Gasteiger charge is -2.26. The molecule has 0 saturated heterocycles. The minimum atomic E-state index is -4.32. The Kier molecular flexibility index (Phi) is 6.23. The Morgan fingerprint density at radius 2 is 2.22 bits per heavy atom. The number of nitrogens with one attached hydrogen (secondary N) is 1. The number of carbonyl (C=O) groups is 1. The number of fused-ring (bicyclic) bond motifs is 2. The third kappa shape index (κ3) is 5.31. The Balaban J connectivity index is 1.24. The Labute approximate surface area is 181 Å². The predicted molar refractivity (Wildman–Crippen MR) is 104 cm³/mol. The summed E-state index contributed by atoms with van der Waals surface area (Å²) in [5, 5.41) is 16.2. The Hall–Kier alpha value is -3.26. The van der Waals surface area contributed by atoms with Crippen LogP contribution in [0.1, 0.15) is 34.5 Å². The van der Waals surface area contributed by atoms with Gasteiger partial charge in [-0.1, -0.05) is 0 Å². The van der Waals surface area contributed by atoms with E-state index in [0.29, 0.717) is 49.6 Å². The summed E-state index contributed by atoms with van der Waals surface area (Å²) in [5.41, 5.74) is 1.60. The molecule has 3 heterocycles. The predicted octanol–water partition coefficient (Wildman–Crippen LogP) is 2.61. The normalized spacial score (nSPS) is 19.3. The van der Waals surface area contributed by atoms with Gasteiger partial charge in [0.15, 0.2) is 5.69 Å². The second-order valence-corrected chi connectivity index (χ2v) is 7.72. The second-order valence-electron chi connectivity index (χ2n) is 7.72. The number of halogens is 3. The summed E-state index contributed by atoms with van der Waals surface area (Å²) in [7, 11) is 0. The first-order valence-corrected chi connectivity index (χ1v) is 10.2. The smallest absolute Gasteiger partial charge is 0.411 e. The van der Waals surface area contributed by atoms with Gasteiger partial charge in [-0.15, -0.1) is 0 Å². The summed E-state index contributed by atoms with van der Waals surface area (Å²) < 4.78 is 53.7. The van der Waals surface area contributed by atoms with Crippen LogP contribution in [-0.2, 0) is 17.7 Å². The third-order valence-electron chi connectivity index (χ3n) is 5.15. The first-order chi connectivity index (χ1) is 15.3. The van der Waals surface area contributed by atoms with E-state index in [0.717, 1.165) is 5.56 Å². The lowest BCUT2D eigenvalue weighted by molar-refractivity contribution is -0.174. The van der Waals surface area contributed by atoms with Gasteiger partial charge in [-0.25, -0.2) is 4.68 Å². The van der Waals surface area contributed by atoms with E-state index in [1.807, 2.05) is 0 Å². The molecule has 1 amide bonds. The van der Waals surface area contributed by atoms with E-state index in [2.05, 4.69) is 21.2 Å². The number of aromatic nitrogens is 2. The number of nitrogens with zero attached hydrogens (tertiary/aromatic N) is 3. The lowest BCUT2D eigenvalue weighted by atomic mass is 10.0. The van der Waals surface area contributed by atoms with Crippen molar-refractivity contribution in [3.8, 4) is 17.7 Å². The summed E-state index contributed by atoms with van der Waals surface area (Å²) in [6.45, 7) is -0.528. The molecule has 1 aromatic heterocycles. The molecule has 0 spiro atoms. The van der Waals surface area contributed by atoms with Crippen LogP contribution >= 0.6 is 0 Å². The van der Waals surface area contributed by atoms with E-state index >= 15 is 0 Å². The highest BCUT2D eigenvalue weighted by molar-refractivity contribution is 5.92. The molecule has 2 aliphatic heterocycles. The molecule has 11 heteroatoms. The minimum Gasteiger partial charge on any atom is -0.491 e. The monoisotopic (exact) mass is 450 g/mol. The maximum Gasteiger partial charge on any atom is 0.411 e. The molecule has 2 atom stereocenters. The van der Waals surface area contributed by atoms with Crippen molar-refractivity contribution in [3.05, 3.63) is 41.1 Å². The standard InChI is InChI=1S/C21H21F3N4O4/c22-21(23,24)12-30-5-1-2-16-10-28-19(32-16)8-17(27-28)20(29)26-15-7-14-6-13(9-25)3-4-18(14)31-11-15/h3-4,6,8,15-16H,1-2,5,7,10-12H2,(H,26,29)/t15-,16+/m1/s1. The summed E-state index contributed by atoms with van der Waals surface area (Å²) in [5.74, 6) is 0.792. The first kappa shape index (κ1) is 22.0. The highest BCUT2D eigenvalue weighted by Crippen LogP contribution is 2.27. The molecule has 2 aromatic rings. The zero-order valence-electron chi connectivity index (χ0n) is 17.0. The van der Waals surface area contributed by atoms with Gasteiger partial charge < -0.3 is 19.5 Å². The quantitative estimate of drug-likeness (QED) is 0.652. The number of ether oxygens (including phenoxy) is 3. The van der Waals surface area contributed by atoms with Crippen LogP contribution in [0.2, 0.25) is 0 Å². The number of carbonyl (C=O) groups excluding carboxylic acids is 1. The number of alkyl halides is 3. The third-order valence-corrected chi connectivity index (χ3v) is 5.15. The Morgan fingerprint density at radius 3 is 2.97 bits per heavy atom. The molecule has 0 fully saturated rings. The molecule has 32 heavy (non-hydrogen) atoms. The SMILES string of the molecule is N#Cc1ccc2c(c1)C[C@@H](NC(=O)c1cc3n(n1)C[C@H](CCCOCC(F)(F)F)O3)CO2. The van der Waals surface area contributed by atoms with Crippen LogP contribution in [0.4, 0.5) is 13.2 Å². The molecular weight excluding hydrogens is 429 g/mol. The highest BCUT2D eigenvalue weighted by Gasteiger charge is 2.29. The van der Waals surface area contributed by atoms with Gasteiger partial charge in [0.25, 0.3) is 5.91 Å². The summed E-state index contributed by atoms with van der Waals surface area (Å²) in [6.07, 6.45) is -3.06. The Morgan fingerprint density at radius 1 is 1.38 bits per heavy atom. The van der Waals surface area contributed by atoms with E-state index in [1.165, 1.54) is 0 Å². The fraction of sp³-hybridized carbons (Fsp3) is 0.476. The van der Waals surface area contributed by atoms with Crippen molar-refractivity contribution in [2.75, 3.05) is 19.8 Å². The van der Waals surface area contributed by atoms with Crippen molar-refractivity contribution in [2.45, 2.75) is 44.1 Å². The minimum absolute atomic E-state index is 0.00219. The van der Waals surface area contributed by atoms with Crippen LogP contribution in [0.25, 0.3) is 0 Å². The summed E-state index contributed by atoms with van der Waals surface area (Å²) in [4.78, 5) is 12.6. The molecule has 0 unspecified atom stereocenters. The molecule has 170 valence electrons. The fourth-order valence-electron chi connectivity index (χ4n) is 3.70. The van der Waals surface area contributed by atoms with Crippen LogP contribution in [0, 0.1) is 11.3 Å². The van der Waals surface area contributed by atoms with Crippen LogP contribution in [0.3, 0.4) is 0 Å². The van der Waals surface area contributed by atoms with Gasteiger partial charge in [0.1, 0.15) is 25.1 Å². The summed E-state index contributed by atoms with van der Waals surface area (Å²) in [6, 6.07) is 8.56. The number of amides is 1. The van der Waals surface area contributed by atoms with Gasteiger partial charge in [0.05, 0.1) is 24.2 Å². The molecule has 0 saturated carbocycles. The molecule has 1 N–H and O–H groups in total. The molecular formula is C21H21F3N4O4. The summed E-state index contributed by atoms with van der Waals surface area (Å²) >= 11 is 0. The molecule has 0 bridgehead atoms. The van der Waals surface area contributed by atoms with Crippen molar-refractivity contribution in [1.29, 1.82) is 5.26 Å². The van der Waals surface area contributed by atoms with E-state index in [1.54, 1.807) is 28.9 Å². The molecule has 2 aliphatic rings. The Bertz CT molecular complexity index is 1010. The topological polar surface area (TPSA) is 98.4 Å². The molecule has 0 radical (unpaired) electrons.